The largest absolute Gasteiger partial charge is 0.496 e. The number of para-hydroxylation sites is 1. The molecule has 0 spiro atoms. The van der Waals surface area contributed by atoms with Gasteiger partial charge in [0.15, 0.2) is 0 Å². The summed E-state index contributed by atoms with van der Waals surface area (Å²) in [4.78, 5) is 15.6. The molecule has 0 radical (unpaired) electrons. The van der Waals surface area contributed by atoms with E-state index in [-0.39, 0.29) is 11.9 Å². The Balaban J connectivity index is 1.88. The summed E-state index contributed by atoms with van der Waals surface area (Å²) < 4.78 is 5.36. The highest BCUT2D eigenvalue weighted by atomic mass is 32.2. The van der Waals surface area contributed by atoms with Gasteiger partial charge in [-0.25, -0.2) is 0 Å². The normalized spacial score (nSPS) is 12.0. The van der Waals surface area contributed by atoms with Crippen LogP contribution in [-0.2, 0) is 11.3 Å². The topological polar surface area (TPSA) is 41.6 Å². The number of nitrogens with one attached hydrogen (secondary N) is 1. The third-order valence-corrected chi connectivity index (χ3v) is 4.75. The van der Waals surface area contributed by atoms with Gasteiger partial charge in [0.2, 0.25) is 5.91 Å². The predicted octanol–water partition coefficient (Wildman–Crippen LogP) is 3.73. The number of benzene rings is 2. The number of carbonyl (C=O) groups excluding carboxylic acids is 1. The van der Waals surface area contributed by atoms with Crippen LogP contribution in [-0.4, -0.2) is 37.8 Å². The van der Waals surface area contributed by atoms with Gasteiger partial charge < -0.3 is 10.1 Å². The van der Waals surface area contributed by atoms with Crippen molar-refractivity contribution in [1.82, 2.24) is 10.2 Å². The van der Waals surface area contributed by atoms with Crippen LogP contribution in [0.4, 0.5) is 0 Å². The molecule has 1 atom stereocenters. The highest BCUT2D eigenvalue weighted by Gasteiger charge is 2.14. The molecule has 1 amide bonds. The first-order valence-corrected chi connectivity index (χ1v) is 9.49. The molecule has 0 fully saturated rings. The maximum Gasteiger partial charge on any atom is 0.234 e. The van der Waals surface area contributed by atoms with E-state index in [0.29, 0.717) is 6.54 Å². The number of hydrogen-bond donors (Lipinski definition) is 1. The monoisotopic (exact) mass is 358 g/mol. The maximum absolute atomic E-state index is 12.3. The molecule has 0 saturated heterocycles. The van der Waals surface area contributed by atoms with E-state index >= 15 is 0 Å². The van der Waals surface area contributed by atoms with Gasteiger partial charge in [0.1, 0.15) is 5.75 Å². The number of hydrogen-bond acceptors (Lipinski definition) is 4. The van der Waals surface area contributed by atoms with E-state index < -0.39 is 0 Å². The Kier molecular flexibility index (Phi) is 7.34. The third kappa shape index (κ3) is 5.80. The number of likely N-dealkylation sites (N-methyl/N-ethyl adjacent to an activating group) is 1. The number of rotatable bonds is 8. The van der Waals surface area contributed by atoms with Crippen LogP contribution in [0.2, 0.25) is 0 Å². The van der Waals surface area contributed by atoms with Crippen molar-refractivity contribution in [2.45, 2.75) is 24.4 Å². The average molecular weight is 359 g/mol. The number of thioether (sulfide) groups is 1. The Labute approximate surface area is 154 Å². The molecule has 0 heterocycles. The lowest BCUT2D eigenvalue weighted by Crippen LogP contribution is -2.36. The summed E-state index contributed by atoms with van der Waals surface area (Å²) >= 11 is 1.73. The lowest BCUT2D eigenvalue weighted by atomic mass is 10.1. The van der Waals surface area contributed by atoms with E-state index in [4.69, 9.17) is 4.74 Å². The second-order valence-corrected chi connectivity index (χ2v) is 6.93. The van der Waals surface area contributed by atoms with Crippen LogP contribution in [0.1, 0.15) is 24.1 Å². The number of ether oxygens (including phenoxy) is 1. The van der Waals surface area contributed by atoms with Gasteiger partial charge in [0.25, 0.3) is 0 Å². The fraction of sp³-hybridized carbons (Fsp3) is 0.350. The zero-order valence-electron chi connectivity index (χ0n) is 15.3. The van der Waals surface area contributed by atoms with Crippen molar-refractivity contribution in [3.05, 3.63) is 59.7 Å². The molecule has 0 bridgehead atoms. The third-order valence-electron chi connectivity index (χ3n) is 4.01. The van der Waals surface area contributed by atoms with Gasteiger partial charge in [-0.2, -0.15) is 0 Å². The Morgan fingerprint density at radius 2 is 1.88 bits per heavy atom. The van der Waals surface area contributed by atoms with E-state index in [1.165, 1.54) is 10.5 Å². The lowest BCUT2D eigenvalue weighted by molar-refractivity contribution is -0.122. The zero-order chi connectivity index (χ0) is 18.2. The summed E-state index contributed by atoms with van der Waals surface area (Å²) in [6.07, 6.45) is 2.06. The van der Waals surface area contributed by atoms with Crippen LogP contribution in [0.5, 0.6) is 5.75 Å². The minimum absolute atomic E-state index is 0.00152. The van der Waals surface area contributed by atoms with Crippen molar-refractivity contribution in [3.8, 4) is 5.75 Å². The molecular weight excluding hydrogens is 332 g/mol. The fourth-order valence-electron chi connectivity index (χ4n) is 2.73. The molecule has 0 saturated carbocycles. The molecule has 134 valence electrons. The molecule has 0 aliphatic carbocycles. The van der Waals surface area contributed by atoms with E-state index in [1.54, 1.807) is 18.9 Å². The van der Waals surface area contributed by atoms with Crippen LogP contribution in [0, 0.1) is 0 Å². The van der Waals surface area contributed by atoms with E-state index in [9.17, 15) is 4.79 Å². The molecule has 0 aliphatic heterocycles. The molecule has 0 aromatic heterocycles. The molecule has 0 aliphatic rings. The number of amides is 1. The van der Waals surface area contributed by atoms with Crippen LogP contribution in [0.15, 0.2) is 53.4 Å². The standard InChI is InChI=1S/C20H26N2O2S/c1-15(18-7-5-6-8-19(18)24-3)21-20(23)14-22(2)13-16-9-11-17(25-4)12-10-16/h5-12,15H,13-14H2,1-4H3,(H,21,23). The summed E-state index contributed by atoms with van der Waals surface area (Å²) in [7, 11) is 3.60. The highest BCUT2D eigenvalue weighted by Crippen LogP contribution is 2.24. The molecule has 1 unspecified atom stereocenters. The Morgan fingerprint density at radius 1 is 1.20 bits per heavy atom. The molecule has 1 N–H and O–H groups in total. The van der Waals surface area contributed by atoms with Gasteiger partial charge >= 0.3 is 0 Å². The van der Waals surface area contributed by atoms with Crippen LogP contribution < -0.4 is 10.1 Å². The van der Waals surface area contributed by atoms with Crippen molar-refractivity contribution >= 4 is 17.7 Å². The Hall–Kier alpha value is -1.98. The number of nitrogens with zero attached hydrogens (tertiary/aromatic N) is 1. The lowest BCUT2D eigenvalue weighted by Gasteiger charge is -2.20. The summed E-state index contributed by atoms with van der Waals surface area (Å²) in [6, 6.07) is 16.1. The first kappa shape index (κ1) is 19.3. The van der Waals surface area contributed by atoms with Crippen LogP contribution in [0.3, 0.4) is 0 Å². The summed E-state index contributed by atoms with van der Waals surface area (Å²) in [5.74, 6) is 0.791. The molecule has 4 nitrogen and oxygen atoms in total. The minimum atomic E-state index is -0.0992. The summed E-state index contributed by atoms with van der Waals surface area (Å²) in [6.45, 7) is 3.06. The molecule has 5 heteroatoms. The zero-order valence-corrected chi connectivity index (χ0v) is 16.1. The second-order valence-electron chi connectivity index (χ2n) is 6.05. The Morgan fingerprint density at radius 3 is 2.52 bits per heavy atom. The summed E-state index contributed by atoms with van der Waals surface area (Å²) in [5.41, 5.74) is 2.18. The van der Waals surface area contributed by atoms with Gasteiger partial charge in [-0.15, -0.1) is 11.8 Å². The van der Waals surface area contributed by atoms with Crippen molar-refractivity contribution in [2.75, 3.05) is 27.0 Å². The van der Waals surface area contributed by atoms with Crippen molar-refractivity contribution in [2.24, 2.45) is 0 Å². The SMILES string of the molecule is COc1ccccc1C(C)NC(=O)CN(C)Cc1ccc(SC)cc1. The average Bonchev–Trinajstić information content (AvgIpc) is 2.62. The molecule has 25 heavy (non-hydrogen) atoms. The predicted molar refractivity (Wildman–Crippen MR) is 104 cm³/mol. The minimum Gasteiger partial charge on any atom is -0.496 e. The van der Waals surface area contributed by atoms with E-state index in [2.05, 4.69) is 35.8 Å². The highest BCUT2D eigenvalue weighted by molar-refractivity contribution is 7.98. The first-order valence-electron chi connectivity index (χ1n) is 8.27. The van der Waals surface area contributed by atoms with Gasteiger partial charge in [-0.05, 0) is 44.0 Å². The van der Waals surface area contributed by atoms with Gasteiger partial charge in [-0.1, -0.05) is 30.3 Å². The quantitative estimate of drug-likeness (QED) is 0.730. The second kappa shape index (κ2) is 9.49. The van der Waals surface area contributed by atoms with Crippen LogP contribution in [0.25, 0.3) is 0 Å². The molecule has 2 aromatic carbocycles. The Bertz CT molecular complexity index is 688. The molecular formula is C20H26N2O2S. The maximum atomic E-state index is 12.3. The fourth-order valence-corrected chi connectivity index (χ4v) is 3.14. The van der Waals surface area contributed by atoms with Gasteiger partial charge in [-0.3, -0.25) is 9.69 Å². The smallest absolute Gasteiger partial charge is 0.234 e. The van der Waals surface area contributed by atoms with Crippen molar-refractivity contribution in [3.63, 3.8) is 0 Å². The molecule has 2 aromatic rings. The molecule has 2 rings (SSSR count). The van der Waals surface area contributed by atoms with Gasteiger partial charge in [0.05, 0.1) is 19.7 Å². The van der Waals surface area contributed by atoms with Gasteiger partial charge in [0, 0.05) is 17.0 Å². The van der Waals surface area contributed by atoms with E-state index in [0.717, 1.165) is 17.9 Å². The van der Waals surface area contributed by atoms with Crippen molar-refractivity contribution < 1.29 is 9.53 Å². The van der Waals surface area contributed by atoms with Crippen molar-refractivity contribution in [1.29, 1.82) is 0 Å². The van der Waals surface area contributed by atoms with Crippen LogP contribution >= 0.6 is 11.8 Å². The first-order chi connectivity index (χ1) is 12.0. The summed E-state index contributed by atoms with van der Waals surface area (Å²) in [5, 5.41) is 3.04. The number of methoxy groups -OCH3 is 1. The van der Waals surface area contributed by atoms with E-state index in [1.807, 2.05) is 43.1 Å². The number of carbonyl (C=O) groups is 1.